The Labute approximate surface area is 158 Å². The maximum absolute atomic E-state index is 12.1. The third kappa shape index (κ3) is 5.85. The number of hydrogen-bond donors (Lipinski definition) is 2. The smallest absolute Gasteiger partial charge is 0.230 e. The first kappa shape index (κ1) is 22.5. The Morgan fingerprint density at radius 3 is 2.50 bits per heavy atom. The minimum absolute atomic E-state index is 0. The maximum Gasteiger partial charge on any atom is 0.230 e. The molecule has 0 bridgehead atoms. The first-order chi connectivity index (χ1) is 10.3. The number of methoxy groups -OCH3 is 1. The highest BCUT2D eigenvalue weighted by Crippen LogP contribution is 2.26. The van der Waals surface area contributed by atoms with E-state index in [1.54, 1.807) is 36.6 Å². The van der Waals surface area contributed by atoms with E-state index in [2.05, 4.69) is 31.1 Å². The minimum Gasteiger partial charge on any atom is -0.495 e. The SMILES string of the molecule is COc1ccc(NC(=O)Cc2csc(C(C)(C)C)n2)cc1N.Cl.Cl. The van der Waals surface area contributed by atoms with Crippen molar-refractivity contribution < 1.29 is 9.53 Å². The summed E-state index contributed by atoms with van der Waals surface area (Å²) in [6, 6.07) is 5.17. The van der Waals surface area contributed by atoms with Crippen molar-refractivity contribution in [3.8, 4) is 5.75 Å². The van der Waals surface area contributed by atoms with Gasteiger partial charge in [0.05, 0.1) is 29.9 Å². The van der Waals surface area contributed by atoms with Gasteiger partial charge in [0.25, 0.3) is 0 Å². The minimum atomic E-state index is -0.115. The molecule has 0 aliphatic heterocycles. The van der Waals surface area contributed by atoms with Gasteiger partial charge in [0.15, 0.2) is 0 Å². The largest absolute Gasteiger partial charge is 0.495 e. The van der Waals surface area contributed by atoms with Gasteiger partial charge < -0.3 is 15.8 Å². The molecular formula is C16H23Cl2N3O2S. The average Bonchev–Trinajstić information content (AvgIpc) is 2.87. The lowest BCUT2D eigenvalue weighted by Crippen LogP contribution is -2.15. The summed E-state index contributed by atoms with van der Waals surface area (Å²) in [6.07, 6.45) is 0.249. The number of hydrogen-bond acceptors (Lipinski definition) is 5. The molecule has 134 valence electrons. The summed E-state index contributed by atoms with van der Waals surface area (Å²) in [5, 5.41) is 5.79. The molecule has 1 heterocycles. The molecule has 0 fully saturated rings. The van der Waals surface area contributed by atoms with E-state index in [4.69, 9.17) is 10.5 Å². The Balaban J connectivity index is 0.00000264. The van der Waals surface area contributed by atoms with E-state index in [1.165, 1.54) is 0 Å². The van der Waals surface area contributed by atoms with Gasteiger partial charge in [-0.3, -0.25) is 4.79 Å². The molecule has 2 rings (SSSR count). The van der Waals surface area contributed by atoms with E-state index < -0.39 is 0 Å². The molecule has 0 aliphatic carbocycles. The Hall–Kier alpha value is -1.50. The van der Waals surface area contributed by atoms with Gasteiger partial charge in [0.1, 0.15) is 5.75 Å². The fourth-order valence-corrected chi connectivity index (χ4v) is 2.82. The highest BCUT2D eigenvalue weighted by atomic mass is 35.5. The summed E-state index contributed by atoms with van der Waals surface area (Å²) >= 11 is 1.58. The lowest BCUT2D eigenvalue weighted by Gasteiger charge is -2.13. The topological polar surface area (TPSA) is 77.2 Å². The van der Waals surface area contributed by atoms with Crippen molar-refractivity contribution in [3.05, 3.63) is 34.3 Å². The normalized spacial score (nSPS) is 10.3. The van der Waals surface area contributed by atoms with Crippen LogP contribution in [-0.4, -0.2) is 18.0 Å². The number of carbonyl (C=O) groups excluding carboxylic acids is 1. The van der Waals surface area contributed by atoms with E-state index in [9.17, 15) is 4.79 Å². The molecule has 0 aliphatic rings. The molecule has 0 saturated carbocycles. The van der Waals surface area contributed by atoms with Crippen LogP contribution >= 0.6 is 36.2 Å². The Morgan fingerprint density at radius 2 is 2.00 bits per heavy atom. The molecule has 3 N–H and O–H groups in total. The molecule has 0 saturated heterocycles. The zero-order chi connectivity index (χ0) is 16.3. The zero-order valence-electron chi connectivity index (χ0n) is 14.1. The first-order valence-corrected chi connectivity index (χ1v) is 7.86. The number of thiazole rings is 1. The standard InChI is InChI=1S/C16H21N3O2S.2ClH/c1-16(2,3)15-19-11(9-22-15)8-14(20)18-10-5-6-13(21-4)12(17)7-10;;/h5-7,9H,8,17H2,1-4H3,(H,18,20);2*1H. The number of amides is 1. The summed E-state index contributed by atoms with van der Waals surface area (Å²) in [5.41, 5.74) is 7.75. The monoisotopic (exact) mass is 391 g/mol. The molecule has 24 heavy (non-hydrogen) atoms. The molecule has 5 nitrogen and oxygen atoms in total. The number of rotatable bonds is 4. The van der Waals surface area contributed by atoms with E-state index in [-0.39, 0.29) is 42.6 Å². The highest BCUT2D eigenvalue weighted by Gasteiger charge is 2.18. The van der Waals surface area contributed by atoms with Gasteiger partial charge in [-0.2, -0.15) is 0 Å². The van der Waals surface area contributed by atoms with Crippen LogP contribution in [0.4, 0.5) is 11.4 Å². The van der Waals surface area contributed by atoms with Crippen LogP contribution in [0.2, 0.25) is 0 Å². The second kappa shape index (κ2) is 9.11. The summed E-state index contributed by atoms with van der Waals surface area (Å²) < 4.78 is 5.09. The number of benzene rings is 1. The van der Waals surface area contributed by atoms with Crippen molar-refractivity contribution >= 4 is 53.4 Å². The fourth-order valence-electron chi connectivity index (χ4n) is 1.91. The van der Waals surface area contributed by atoms with Gasteiger partial charge >= 0.3 is 0 Å². The average molecular weight is 392 g/mol. The lowest BCUT2D eigenvalue weighted by molar-refractivity contribution is -0.115. The predicted molar refractivity (Wildman–Crippen MR) is 105 cm³/mol. The second-order valence-electron chi connectivity index (χ2n) is 6.08. The van der Waals surface area contributed by atoms with E-state index in [0.717, 1.165) is 10.7 Å². The lowest BCUT2D eigenvalue weighted by atomic mass is 9.98. The molecule has 1 aromatic carbocycles. The van der Waals surface area contributed by atoms with Crippen LogP contribution < -0.4 is 15.8 Å². The van der Waals surface area contributed by atoms with Gasteiger partial charge in [0, 0.05) is 16.5 Å². The number of nitrogen functional groups attached to an aromatic ring is 1. The van der Waals surface area contributed by atoms with Crippen LogP contribution in [-0.2, 0) is 16.6 Å². The van der Waals surface area contributed by atoms with Crippen molar-refractivity contribution in [3.63, 3.8) is 0 Å². The maximum atomic E-state index is 12.1. The van der Waals surface area contributed by atoms with Crippen LogP contribution in [0.1, 0.15) is 31.5 Å². The van der Waals surface area contributed by atoms with Crippen LogP contribution in [0.3, 0.4) is 0 Å². The summed E-state index contributed by atoms with van der Waals surface area (Å²) in [5.74, 6) is 0.475. The van der Waals surface area contributed by atoms with Gasteiger partial charge in [-0.15, -0.1) is 36.2 Å². The van der Waals surface area contributed by atoms with Crippen LogP contribution in [0.25, 0.3) is 0 Å². The number of anilines is 2. The van der Waals surface area contributed by atoms with Crippen molar-refractivity contribution in [2.75, 3.05) is 18.2 Å². The molecule has 0 spiro atoms. The number of ether oxygens (including phenoxy) is 1. The molecule has 0 radical (unpaired) electrons. The molecule has 0 unspecified atom stereocenters. The van der Waals surface area contributed by atoms with Crippen molar-refractivity contribution in [2.45, 2.75) is 32.6 Å². The molecule has 1 amide bonds. The van der Waals surface area contributed by atoms with E-state index in [1.807, 2.05) is 5.38 Å². The van der Waals surface area contributed by atoms with Crippen molar-refractivity contribution in [1.29, 1.82) is 0 Å². The Morgan fingerprint density at radius 1 is 1.33 bits per heavy atom. The quantitative estimate of drug-likeness (QED) is 0.770. The fraction of sp³-hybridized carbons (Fsp3) is 0.375. The van der Waals surface area contributed by atoms with Crippen LogP contribution in [0.5, 0.6) is 5.75 Å². The molecule has 0 atom stereocenters. The number of nitrogens with zero attached hydrogens (tertiary/aromatic N) is 1. The highest BCUT2D eigenvalue weighted by molar-refractivity contribution is 7.09. The third-order valence-corrected chi connectivity index (χ3v) is 4.37. The molecule has 2 aromatic rings. The molecule has 8 heteroatoms. The van der Waals surface area contributed by atoms with Gasteiger partial charge in [-0.1, -0.05) is 20.8 Å². The number of aromatic nitrogens is 1. The van der Waals surface area contributed by atoms with Crippen molar-refractivity contribution in [2.24, 2.45) is 0 Å². The summed E-state index contributed by atoms with van der Waals surface area (Å²) in [6.45, 7) is 6.32. The summed E-state index contributed by atoms with van der Waals surface area (Å²) in [7, 11) is 1.55. The number of halogens is 2. The van der Waals surface area contributed by atoms with E-state index in [0.29, 0.717) is 17.1 Å². The van der Waals surface area contributed by atoms with Gasteiger partial charge in [-0.05, 0) is 18.2 Å². The number of carbonyl (C=O) groups is 1. The third-order valence-electron chi connectivity index (χ3n) is 3.05. The van der Waals surface area contributed by atoms with Crippen molar-refractivity contribution in [1.82, 2.24) is 4.98 Å². The summed E-state index contributed by atoms with van der Waals surface area (Å²) in [4.78, 5) is 16.6. The Bertz CT molecular complexity index is 684. The number of nitrogens with one attached hydrogen (secondary N) is 1. The zero-order valence-corrected chi connectivity index (χ0v) is 16.5. The van der Waals surface area contributed by atoms with Gasteiger partial charge in [-0.25, -0.2) is 4.98 Å². The van der Waals surface area contributed by atoms with Crippen LogP contribution in [0.15, 0.2) is 23.6 Å². The first-order valence-electron chi connectivity index (χ1n) is 6.98. The molecule has 1 aromatic heterocycles. The molecular weight excluding hydrogens is 369 g/mol. The number of nitrogens with two attached hydrogens (primary N) is 1. The Kier molecular flexibility index (Phi) is 8.54. The second-order valence-corrected chi connectivity index (χ2v) is 6.93. The predicted octanol–water partition coefficient (Wildman–Crippen LogP) is 4.06. The van der Waals surface area contributed by atoms with Crippen LogP contribution in [0, 0.1) is 0 Å². The van der Waals surface area contributed by atoms with E-state index >= 15 is 0 Å². The van der Waals surface area contributed by atoms with Gasteiger partial charge in [0.2, 0.25) is 5.91 Å².